The van der Waals surface area contributed by atoms with E-state index >= 15 is 0 Å². The van der Waals surface area contributed by atoms with Gasteiger partial charge in [-0.05, 0) is 17.7 Å². The van der Waals surface area contributed by atoms with Gasteiger partial charge in [0.15, 0.2) is 0 Å². The van der Waals surface area contributed by atoms with Crippen LogP contribution < -0.4 is 0 Å². The zero-order valence-corrected chi connectivity index (χ0v) is 10.7. The van der Waals surface area contributed by atoms with Crippen molar-refractivity contribution in [2.45, 2.75) is 6.54 Å². The lowest BCUT2D eigenvalue weighted by molar-refractivity contribution is 0.0764. The zero-order valence-electron chi connectivity index (χ0n) is 10.7. The van der Waals surface area contributed by atoms with Crippen molar-refractivity contribution in [3.8, 4) is 6.07 Å². The third kappa shape index (κ3) is 3.39. The monoisotopic (exact) mass is 269 g/mol. The first-order chi connectivity index (χ1) is 9.70. The van der Waals surface area contributed by atoms with Gasteiger partial charge in [0.2, 0.25) is 5.95 Å². The lowest BCUT2D eigenvalue weighted by Gasteiger charge is -2.19. The summed E-state index contributed by atoms with van der Waals surface area (Å²) in [6, 6.07) is 13.8. The minimum Gasteiger partial charge on any atom is -0.321 e. The van der Waals surface area contributed by atoms with Crippen LogP contribution in [0.4, 0.5) is 4.39 Å². The van der Waals surface area contributed by atoms with E-state index in [4.69, 9.17) is 5.26 Å². The van der Waals surface area contributed by atoms with Crippen LogP contribution in [-0.4, -0.2) is 22.3 Å². The zero-order chi connectivity index (χ0) is 14.4. The molecule has 20 heavy (non-hydrogen) atoms. The highest BCUT2D eigenvalue weighted by atomic mass is 19.1. The van der Waals surface area contributed by atoms with Gasteiger partial charge in [-0.2, -0.15) is 9.65 Å². The molecule has 1 heterocycles. The molecule has 4 nitrogen and oxygen atoms in total. The molecule has 0 radical (unpaired) electrons. The summed E-state index contributed by atoms with van der Waals surface area (Å²) in [5, 5.41) is 8.84. The Bertz CT molecular complexity index is 620. The molecule has 0 unspecified atom stereocenters. The molecule has 1 aromatic heterocycles. The third-order valence-electron chi connectivity index (χ3n) is 2.74. The summed E-state index contributed by atoms with van der Waals surface area (Å²) in [5.41, 5.74) is 1.18. The number of hydrogen-bond acceptors (Lipinski definition) is 3. The van der Waals surface area contributed by atoms with Crippen molar-refractivity contribution in [2.75, 3.05) is 6.54 Å². The molecule has 0 bridgehead atoms. The number of nitrogens with zero attached hydrogens (tertiary/aromatic N) is 3. The van der Waals surface area contributed by atoms with Crippen LogP contribution in [0.25, 0.3) is 0 Å². The smallest absolute Gasteiger partial charge is 0.256 e. The predicted octanol–water partition coefficient (Wildman–Crippen LogP) is 2.39. The Kier molecular flexibility index (Phi) is 4.40. The van der Waals surface area contributed by atoms with Crippen LogP contribution in [-0.2, 0) is 6.54 Å². The molecule has 100 valence electrons. The maximum Gasteiger partial charge on any atom is 0.256 e. The van der Waals surface area contributed by atoms with Crippen molar-refractivity contribution in [2.24, 2.45) is 0 Å². The van der Waals surface area contributed by atoms with Crippen molar-refractivity contribution in [1.82, 2.24) is 9.88 Å². The van der Waals surface area contributed by atoms with E-state index in [0.717, 1.165) is 11.6 Å². The molecule has 0 aliphatic carbocycles. The van der Waals surface area contributed by atoms with Gasteiger partial charge in [0.25, 0.3) is 5.91 Å². The van der Waals surface area contributed by atoms with E-state index in [1.807, 2.05) is 36.4 Å². The molecule has 0 saturated heterocycles. The normalized spacial score (nSPS) is 9.80. The molecule has 0 fully saturated rings. The molecular formula is C15H12FN3O. The van der Waals surface area contributed by atoms with Gasteiger partial charge >= 0.3 is 0 Å². The Morgan fingerprint density at radius 2 is 2.00 bits per heavy atom. The van der Waals surface area contributed by atoms with Crippen LogP contribution in [0.1, 0.15) is 15.9 Å². The van der Waals surface area contributed by atoms with Crippen LogP contribution in [0.5, 0.6) is 0 Å². The maximum atomic E-state index is 12.8. The highest BCUT2D eigenvalue weighted by molar-refractivity contribution is 5.94. The van der Waals surface area contributed by atoms with Gasteiger partial charge in [0, 0.05) is 12.7 Å². The van der Waals surface area contributed by atoms with Gasteiger partial charge in [-0.15, -0.1) is 0 Å². The van der Waals surface area contributed by atoms with E-state index in [2.05, 4.69) is 4.98 Å². The van der Waals surface area contributed by atoms with Crippen molar-refractivity contribution < 1.29 is 9.18 Å². The van der Waals surface area contributed by atoms with Crippen LogP contribution in [0.3, 0.4) is 0 Å². The summed E-state index contributed by atoms with van der Waals surface area (Å²) in [5.74, 6) is -0.987. The Morgan fingerprint density at radius 1 is 1.25 bits per heavy atom. The fraction of sp³-hybridized carbons (Fsp3) is 0.133. The Morgan fingerprint density at radius 3 is 2.60 bits per heavy atom. The number of hydrogen-bond donors (Lipinski definition) is 0. The van der Waals surface area contributed by atoms with Crippen LogP contribution >= 0.6 is 0 Å². The first kappa shape index (κ1) is 13.7. The molecule has 0 aliphatic rings. The number of carbonyl (C=O) groups is 1. The first-order valence-electron chi connectivity index (χ1n) is 6.02. The van der Waals surface area contributed by atoms with Gasteiger partial charge in [-0.1, -0.05) is 30.3 Å². The second-order valence-electron chi connectivity index (χ2n) is 4.17. The lowest BCUT2D eigenvalue weighted by atomic mass is 10.2. The maximum absolute atomic E-state index is 12.8. The Labute approximate surface area is 116 Å². The molecule has 1 aromatic carbocycles. The van der Waals surface area contributed by atoms with Gasteiger partial charge in [0.1, 0.15) is 6.54 Å². The molecular weight excluding hydrogens is 257 g/mol. The lowest BCUT2D eigenvalue weighted by Crippen LogP contribution is -2.31. The molecule has 0 atom stereocenters. The first-order valence-corrected chi connectivity index (χ1v) is 6.02. The molecule has 0 N–H and O–H groups in total. The average molecular weight is 269 g/mol. The summed E-state index contributed by atoms with van der Waals surface area (Å²) in [6.07, 6.45) is 1.17. The summed E-state index contributed by atoms with van der Waals surface area (Å²) < 4.78 is 12.8. The van der Waals surface area contributed by atoms with E-state index in [0.29, 0.717) is 6.54 Å². The van der Waals surface area contributed by atoms with E-state index in [9.17, 15) is 9.18 Å². The molecule has 0 saturated carbocycles. The Balaban J connectivity index is 2.18. The predicted molar refractivity (Wildman–Crippen MR) is 71.0 cm³/mol. The minimum absolute atomic E-state index is 0.0366. The number of aromatic nitrogens is 1. The molecule has 0 spiro atoms. The second kappa shape index (κ2) is 6.43. The second-order valence-corrected chi connectivity index (χ2v) is 4.17. The van der Waals surface area contributed by atoms with Crippen LogP contribution in [0.2, 0.25) is 0 Å². The number of nitriles is 1. The van der Waals surface area contributed by atoms with Gasteiger partial charge in [-0.25, -0.2) is 4.98 Å². The topological polar surface area (TPSA) is 57.0 Å². The highest BCUT2D eigenvalue weighted by Gasteiger charge is 2.16. The molecule has 5 heteroatoms. The third-order valence-corrected chi connectivity index (χ3v) is 2.74. The van der Waals surface area contributed by atoms with E-state index < -0.39 is 5.95 Å². The SMILES string of the molecule is N#CCN(Cc1ccccc1)C(=O)c1ccc(F)nc1. The summed E-state index contributed by atoms with van der Waals surface area (Å²) in [6.45, 7) is 0.287. The van der Waals surface area contributed by atoms with Crippen LogP contribution in [0.15, 0.2) is 48.7 Å². The number of rotatable bonds is 4. The fourth-order valence-electron chi connectivity index (χ4n) is 1.77. The van der Waals surface area contributed by atoms with Gasteiger partial charge < -0.3 is 4.90 Å². The van der Waals surface area contributed by atoms with E-state index in [1.54, 1.807) is 0 Å². The molecule has 2 rings (SSSR count). The van der Waals surface area contributed by atoms with Crippen molar-refractivity contribution in [1.29, 1.82) is 5.26 Å². The van der Waals surface area contributed by atoms with Crippen molar-refractivity contribution in [3.05, 3.63) is 65.7 Å². The average Bonchev–Trinajstić information content (AvgIpc) is 2.48. The van der Waals surface area contributed by atoms with Crippen molar-refractivity contribution in [3.63, 3.8) is 0 Å². The number of benzene rings is 1. The summed E-state index contributed by atoms with van der Waals surface area (Å²) in [4.78, 5) is 17.1. The van der Waals surface area contributed by atoms with E-state index in [1.165, 1.54) is 17.2 Å². The number of pyridine rings is 1. The molecule has 2 aromatic rings. The molecule has 0 aliphatic heterocycles. The Hall–Kier alpha value is -2.74. The van der Waals surface area contributed by atoms with Gasteiger partial charge in [-0.3, -0.25) is 4.79 Å². The van der Waals surface area contributed by atoms with E-state index in [-0.39, 0.29) is 18.0 Å². The highest BCUT2D eigenvalue weighted by Crippen LogP contribution is 2.09. The minimum atomic E-state index is -0.642. The fourth-order valence-corrected chi connectivity index (χ4v) is 1.77. The largest absolute Gasteiger partial charge is 0.321 e. The number of halogens is 1. The van der Waals surface area contributed by atoms with Gasteiger partial charge in [0.05, 0.1) is 11.6 Å². The van der Waals surface area contributed by atoms with Crippen molar-refractivity contribution >= 4 is 5.91 Å². The number of amides is 1. The number of carbonyl (C=O) groups excluding carboxylic acids is 1. The standard InChI is InChI=1S/C15H12FN3O/c16-14-7-6-13(10-18-14)15(20)19(9-8-17)11-12-4-2-1-3-5-12/h1-7,10H,9,11H2. The van der Waals surface area contributed by atoms with Crippen LogP contribution in [0, 0.1) is 17.3 Å². The summed E-state index contributed by atoms with van der Waals surface area (Å²) in [7, 11) is 0. The summed E-state index contributed by atoms with van der Waals surface area (Å²) >= 11 is 0. The quantitative estimate of drug-likeness (QED) is 0.632. The molecule has 1 amide bonds.